The summed E-state index contributed by atoms with van der Waals surface area (Å²) in [5.74, 6) is -0.641. The van der Waals surface area contributed by atoms with Gasteiger partial charge in [0.2, 0.25) is 5.91 Å². The number of halogens is 2. The van der Waals surface area contributed by atoms with Crippen molar-refractivity contribution in [2.75, 3.05) is 13.7 Å². The van der Waals surface area contributed by atoms with Gasteiger partial charge in [0.15, 0.2) is 0 Å². The highest BCUT2D eigenvalue weighted by Gasteiger charge is 2.09. The van der Waals surface area contributed by atoms with Crippen molar-refractivity contribution in [3.8, 4) is 0 Å². The fraction of sp³-hybridized carbons (Fsp3) is 0.364. The Morgan fingerprint density at radius 1 is 1.56 bits per heavy atom. The van der Waals surface area contributed by atoms with E-state index < -0.39 is 5.82 Å². The number of benzene rings is 1. The molecule has 0 aliphatic carbocycles. The molecule has 0 aromatic heterocycles. The predicted molar refractivity (Wildman–Crippen MR) is 59.6 cm³/mol. The number of carbonyl (C=O) groups excluding carboxylic acids is 1. The molecule has 0 unspecified atom stereocenters. The zero-order valence-corrected chi connectivity index (χ0v) is 9.67. The number of aliphatic hydroxyl groups excluding tert-OH is 1. The standard InChI is InChI=1S/C11H13ClFNO2/c1-14(11(16)4-5-15)7-8-2-3-10(13)9(12)6-8/h2-3,6,15H,4-5,7H2,1H3. The molecule has 0 bridgehead atoms. The summed E-state index contributed by atoms with van der Waals surface area (Å²) in [4.78, 5) is 12.8. The minimum atomic E-state index is -0.477. The van der Waals surface area contributed by atoms with Crippen LogP contribution in [0.3, 0.4) is 0 Å². The van der Waals surface area contributed by atoms with E-state index in [1.54, 1.807) is 13.1 Å². The van der Waals surface area contributed by atoms with E-state index in [0.29, 0.717) is 6.54 Å². The second-order valence-corrected chi connectivity index (χ2v) is 3.88. The van der Waals surface area contributed by atoms with Gasteiger partial charge >= 0.3 is 0 Å². The quantitative estimate of drug-likeness (QED) is 0.879. The van der Waals surface area contributed by atoms with Gasteiger partial charge in [-0.3, -0.25) is 4.79 Å². The summed E-state index contributed by atoms with van der Waals surface area (Å²) in [7, 11) is 1.62. The van der Waals surface area contributed by atoms with Gasteiger partial charge in [-0.1, -0.05) is 17.7 Å². The molecule has 0 aliphatic heterocycles. The molecule has 0 saturated carbocycles. The molecule has 5 heteroatoms. The molecule has 0 heterocycles. The molecule has 16 heavy (non-hydrogen) atoms. The van der Waals surface area contributed by atoms with Gasteiger partial charge in [0.05, 0.1) is 11.6 Å². The van der Waals surface area contributed by atoms with Crippen LogP contribution in [0.2, 0.25) is 5.02 Å². The second-order valence-electron chi connectivity index (χ2n) is 3.47. The zero-order chi connectivity index (χ0) is 12.1. The molecule has 1 aromatic carbocycles. The van der Waals surface area contributed by atoms with Gasteiger partial charge in [-0.15, -0.1) is 0 Å². The van der Waals surface area contributed by atoms with E-state index in [1.807, 2.05) is 0 Å². The summed E-state index contributed by atoms with van der Waals surface area (Å²) < 4.78 is 12.9. The van der Waals surface area contributed by atoms with E-state index in [2.05, 4.69) is 0 Å². The van der Waals surface area contributed by atoms with E-state index in [0.717, 1.165) is 5.56 Å². The summed E-state index contributed by atoms with van der Waals surface area (Å²) in [5.41, 5.74) is 0.750. The smallest absolute Gasteiger partial charge is 0.224 e. The van der Waals surface area contributed by atoms with Crippen molar-refractivity contribution >= 4 is 17.5 Å². The van der Waals surface area contributed by atoms with Crippen molar-refractivity contribution in [2.24, 2.45) is 0 Å². The summed E-state index contributed by atoms with van der Waals surface area (Å²) in [6.07, 6.45) is 0.0887. The van der Waals surface area contributed by atoms with Gasteiger partial charge in [-0.2, -0.15) is 0 Å². The monoisotopic (exact) mass is 245 g/mol. The number of carbonyl (C=O) groups is 1. The van der Waals surface area contributed by atoms with Crippen molar-refractivity contribution in [3.05, 3.63) is 34.6 Å². The van der Waals surface area contributed by atoms with Crippen molar-refractivity contribution in [2.45, 2.75) is 13.0 Å². The van der Waals surface area contributed by atoms with Gasteiger partial charge in [-0.25, -0.2) is 4.39 Å². The Labute approximate surface area is 98.4 Å². The average molecular weight is 246 g/mol. The maximum atomic E-state index is 12.9. The van der Waals surface area contributed by atoms with Crippen molar-refractivity contribution < 1.29 is 14.3 Å². The number of aliphatic hydroxyl groups is 1. The van der Waals surface area contributed by atoms with Crippen LogP contribution in [0.15, 0.2) is 18.2 Å². The first-order valence-corrected chi connectivity index (χ1v) is 5.21. The molecular formula is C11H13ClFNO2. The highest BCUT2D eigenvalue weighted by atomic mass is 35.5. The third-order valence-corrected chi connectivity index (χ3v) is 2.44. The normalized spacial score (nSPS) is 10.2. The van der Waals surface area contributed by atoms with Crippen LogP contribution in [0.4, 0.5) is 4.39 Å². The fourth-order valence-electron chi connectivity index (χ4n) is 1.29. The Balaban J connectivity index is 2.66. The van der Waals surface area contributed by atoms with Crippen molar-refractivity contribution in [1.29, 1.82) is 0 Å². The number of amides is 1. The zero-order valence-electron chi connectivity index (χ0n) is 8.91. The molecule has 1 aromatic rings. The first-order valence-electron chi connectivity index (χ1n) is 4.83. The SMILES string of the molecule is CN(Cc1ccc(F)c(Cl)c1)C(=O)CCO. The minimum absolute atomic E-state index is 0.0421. The van der Waals surface area contributed by atoms with Crippen LogP contribution in [0.5, 0.6) is 0 Å². The van der Waals surface area contributed by atoms with Crippen LogP contribution in [0.25, 0.3) is 0 Å². The lowest BCUT2D eigenvalue weighted by atomic mass is 10.2. The maximum Gasteiger partial charge on any atom is 0.224 e. The second kappa shape index (κ2) is 5.82. The van der Waals surface area contributed by atoms with Gasteiger partial charge in [-0.05, 0) is 17.7 Å². The lowest BCUT2D eigenvalue weighted by Gasteiger charge is -2.16. The van der Waals surface area contributed by atoms with E-state index in [-0.39, 0.29) is 24.0 Å². The number of rotatable bonds is 4. The molecule has 0 radical (unpaired) electrons. The highest BCUT2D eigenvalue weighted by molar-refractivity contribution is 6.30. The first kappa shape index (κ1) is 12.9. The molecule has 0 spiro atoms. The van der Waals surface area contributed by atoms with Crippen molar-refractivity contribution in [3.63, 3.8) is 0 Å². The molecule has 0 saturated heterocycles. The van der Waals surface area contributed by atoms with Crippen molar-refractivity contribution in [1.82, 2.24) is 4.90 Å². The van der Waals surface area contributed by atoms with Gasteiger partial charge in [0, 0.05) is 20.0 Å². The maximum absolute atomic E-state index is 12.9. The Hall–Kier alpha value is -1.13. The average Bonchev–Trinajstić information content (AvgIpc) is 2.24. The summed E-state index contributed by atoms with van der Waals surface area (Å²) in [6, 6.07) is 4.32. The number of nitrogens with zero attached hydrogens (tertiary/aromatic N) is 1. The van der Waals surface area contributed by atoms with Gasteiger partial charge in [0.1, 0.15) is 5.82 Å². The first-order chi connectivity index (χ1) is 7.54. The van der Waals surface area contributed by atoms with Crippen LogP contribution in [-0.4, -0.2) is 29.6 Å². The largest absolute Gasteiger partial charge is 0.396 e. The minimum Gasteiger partial charge on any atom is -0.396 e. The summed E-state index contributed by atoms with van der Waals surface area (Å²) in [5, 5.41) is 8.66. The van der Waals surface area contributed by atoms with Crippen LogP contribution in [0, 0.1) is 5.82 Å². The molecule has 0 atom stereocenters. The van der Waals surface area contributed by atoms with Gasteiger partial charge in [0.25, 0.3) is 0 Å². The Morgan fingerprint density at radius 3 is 2.81 bits per heavy atom. The summed E-state index contributed by atoms with van der Waals surface area (Å²) >= 11 is 5.62. The lowest BCUT2D eigenvalue weighted by Crippen LogP contribution is -2.26. The summed E-state index contributed by atoms with van der Waals surface area (Å²) in [6.45, 7) is 0.173. The highest BCUT2D eigenvalue weighted by Crippen LogP contribution is 2.17. The van der Waals surface area contributed by atoms with Crippen LogP contribution < -0.4 is 0 Å². The number of hydrogen-bond donors (Lipinski definition) is 1. The van der Waals surface area contributed by atoms with Crippen LogP contribution in [-0.2, 0) is 11.3 Å². The molecule has 1 rings (SSSR count). The topological polar surface area (TPSA) is 40.5 Å². The molecule has 1 N–H and O–H groups in total. The number of hydrogen-bond acceptors (Lipinski definition) is 2. The van der Waals surface area contributed by atoms with Crippen LogP contribution in [0.1, 0.15) is 12.0 Å². The third-order valence-electron chi connectivity index (χ3n) is 2.16. The van der Waals surface area contributed by atoms with E-state index >= 15 is 0 Å². The van der Waals surface area contributed by atoms with E-state index in [9.17, 15) is 9.18 Å². The molecule has 0 aliphatic rings. The lowest BCUT2D eigenvalue weighted by molar-refractivity contribution is -0.131. The molecule has 0 fully saturated rings. The van der Waals surface area contributed by atoms with Crippen LogP contribution >= 0.6 is 11.6 Å². The molecular weight excluding hydrogens is 233 g/mol. The van der Waals surface area contributed by atoms with E-state index in [1.165, 1.54) is 17.0 Å². The third kappa shape index (κ3) is 3.47. The Morgan fingerprint density at radius 2 is 2.25 bits per heavy atom. The fourth-order valence-corrected chi connectivity index (χ4v) is 1.49. The molecule has 1 amide bonds. The Kier molecular flexibility index (Phi) is 4.71. The van der Waals surface area contributed by atoms with E-state index in [4.69, 9.17) is 16.7 Å². The van der Waals surface area contributed by atoms with Gasteiger partial charge < -0.3 is 10.0 Å². The molecule has 3 nitrogen and oxygen atoms in total. The predicted octanol–water partition coefficient (Wildman–Crippen LogP) is 1.82. The Bertz CT molecular complexity index is 384. The molecule has 88 valence electrons.